The van der Waals surface area contributed by atoms with Crippen LogP contribution in [0.15, 0.2) is 0 Å². The first-order valence-corrected chi connectivity index (χ1v) is 112. The van der Waals surface area contributed by atoms with E-state index in [1.54, 1.807) is 0 Å². The van der Waals surface area contributed by atoms with Crippen molar-refractivity contribution in [3.63, 3.8) is 0 Å². The Hall–Kier alpha value is 23.6. The maximum absolute atomic E-state index is 4.58. The van der Waals surface area contributed by atoms with Crippen LogP contribution < -0.4 is 0 Å². The molecule has 2 radical (unpaired) electrons. The summed E-state index contributed by atoms with van der Waals surface area (Å²) >= 11 is 0. The fourth-order valence-electron chi connectivity index (χ4n) is 3.22. The van der Waals surface area contributed by atoms with Gasteiger partial charge in [0.1, 0.15) is 0 Å². The van der Waals surface area contributed by atoms with E-state index in [-0.39, 0.29) is 182 Å². The fraction of sp³-hybridized carbons (Fsp3) is 0. The zero-order valence-corrected chi connectivity index (χ0v) is 84.4. The van der Waals surface area contributed by atoms with Crippen LogP contribution in [0.1, 0.15) is 0 Å². The van der Waals surface area contributed by atoms with Crippen LogP contribution in [0.2, 0.25) is 0 Å². The Labute approximate surface area is 433 Å². The topological polar surface area (TPSA) is 0 Å². The summed E-state index contributed by atoms with van der Waals surface area (Å²) in [6.07, 6.45) is 0. The molecule has 330 valence electrons. The van der Waals surface area contributed by atoms with Crippen LogP contribution >= 0.6 is 440 Å². The van der Waals surface area contributed by atoms with Crippen molar-refractivity contribution in [3.05, 3.63) is 0 Å². The molecule has 55 heteroatoms. The van der Waals surface area contributed by atoms with Gasteiger partial charge in [0, 0.05) is 0 Å². The largest absolute Gasteiger partial charge is 0.102 e. The van der Waals surface area contributed by atoms with E-state index in [0.29, 0.717) is 0 Å². The van der Waals surface area contributed by atoms with Crippen molar-refractivity contribution in [2.75, 3.05) is 0 Å². The first kappa shape index (κ1) is 78.6. The van der Waals surface area contributed by atoms with Crippen molar-refractivity contribution >= 4 is 440 Å². The van der Waals surface area contributed by atoms with Gasteiger partial charge in [-0.2, -0.15) is 0 Å². The molecule has 55 heavy (non-hydrogen) atoms. The quantitative estimate of drug-likeness (QED) is 0.0757. The minimum absolute atomic E-state index is 0.167. The lowest BCUT2D eigenvalue weighted by Gasteiger charge is -2.59. The average Bonchev–Trinajstić information content (AvgIpc) is 2.97. The summed E-state index contributed by atoms with van der Waals surface area (Å²) < 4.78 is 0. The van der Waals surface area contributed by atoms with Gasteiger partial charge in [-0.3, -0.25) is 0 Å². The van der Waals surface area contributed by atoms with Crippen LogP contribution in [0.25, 0.3) is 0 Å². The Kier molecular flexibility index (Phi) is 61.9. The second kappa shape index (κ2) is 43.3. The van der Waals surface area contributed by atoms with Gasteiger partial charge in [-0.05, 0) is 182 Å². The van der Waals surface area contributed by atoms with Gasteiger partial charge in [-0.15, -0.1) is 232 Å². The Balaban J connectivity index is 10.1. The predicted octanol–water partition coefficient (Wildman–Crippen LogP) is 32.6. The van der Waals surface area contributed by atoms with Crippen LogP contribution in [0.4, 0.5) is 0 Å². The highest BCUT2D eigenvalue weighted by molar-refractivity contribution is 9.53. The van der Waals surface area contributed by atoms with Crippen molar-refractivity contribution < 1.29 is 0 Å². The highest BCUT2D eigenvalue weighted by Gasteiger charge is 2.60. The van der Waals surface area contributed by atoms with E-state index < -0.39 is 0 Å². The van der Waals surface area contributed by atoms with Crippen molar-refractivity contribution in [1.29, 1.82) is 0 Å². The first-order chi connectivity index (χ1) is 25.0. The smallest absolute Gasteiger partial charge is 0.0000130 e. The van der Waals surface area contributed by atoms with E-state index in [1.165, 1.54) is 0 Å². The Morgan fingerprint density at radius 1 is 0.218 bits per heavy atom. The van der Waals surface area contributed by atoms with Crippen LogP contribution in [-0.2, 0) is 0 Å². The molecule has 0 aliphatic carbocycles. The summed E-state index contributed by atoms with van der Waals surface area (Å²) in [4.78, 5) is 0. The third kappa shape index (κ3) is 28.1. The second-order valence-corrected chi connectivity index (χ2v) is 232. The van der Waals surface area contributed by atoms with Gasteiger partial charge in [0.2, 0.25) is 0 Å². The zero-order valence-electron chi connectivity index (χ0n) is 28.1. The van der Waals surface area contributed by atoms with E-state index >= 15 is 0 Å². The average molecular weight is 1760 g/mol. The fourth-order valence-corrected chi connectivity index (χ4v) is 782. The molecule has 0 rings (SSSR count). The van der Waals surface area contributed by atoms with Gasteiger partial charge >= 0.3 is 0 Å². The van der Waals surface area contributed by atoms with Crippen LogP contribution in [0, 0.1) is 0 Å². The minimum atomic E-state index is -0.323. The van der Waals surface area contributed by atoms with E-state index in [2.05, 4.69) is 250 Å². The van der Waals surface area contributed by atoms with Crippen LogP contribution in [-0.4, -0.2) is 0 Å². The maximum Gasteiger partial charge on any atom is -0.0000130 e. The summed E-state index contributed by atoms with van der Waals surface area (Å²) in [5.74, 6) is 0. The standard InChI is InChI=1S/H55P55/c1-29-43(28)50(42(26)27)54(51(44(30(2)3)31(4)5)45(32(6)7)33(8)9)55(52(46(34(10)11)35(12)13)47(36(14)15)37(16)17)53(48(38(18)19)39(20)21)49(40(22)23)41(24)25/h1-2,29H,3-28H2. The summed E-state index contributed by atoms with van der Waals surface area (Å²) in [6, 6.07) is 0. The molecule has 33 unspecified atom stereocenters. The van der Waals surface area contributed by atoms with E-state index in [0.717, 1.165) is 7.96 Å². The lowest BCUT2D eigenvalue weighted by molar-refractivity contribution is 4.34. The molecule has 0 nitrogen and oxygen atoms in total. The Bertz CT molecular complexity index is 818. The summed E-state index contributed by atoms with van der Waals surface area (Å²) in [5, 5.41) is 0. The van der Waals surface area contributed by atoms with Gasteiger partial charge in [0.05, 0.1) is 0 Å². The Morgan fingerprint density at radius 3 is 0.509 bits per heavy atom. The number of rotatable bonds is 26. The summed E-state index contributed by atoms with van der Waals surface area (Å²) in [6.45, 7) is -5.55. The van der Waals surface area contributed by atoms with Gasteiger partial charge < -0.3 is 0 Å². The molecule has 0 N–H and O–H groups in total. The van der Waals surface area contributed by atoms with Gasteiger partial charge in [0.15, 0.2) is 0 Å². The molecule has 0 aliphatic heterocycles. The third-order valence-electron chi connectivity index (χ3n) is 4.74. The first-order valence-electron chi connectivity index (χ1n) is 12.4. The molecule has 0 aromatic rings. The molecular formula is H55P55. The van der Waals surface area contributed by atoms with Crippen LogP contribution in [0.5, 0.6) is 0 Å². The molecule has 0 aromatic heterocycles. The normalized spacial score (nSPS) is 16.2. The lowest BCUT2D eigenvalue weighted by atomic mass is 28.4. The van der Waals surface area contributed by atoms with Crippen molar-refractivity contribution in [2.45, 2.75) is 0 Å². The molecule has 0 amide bonds. The molecule has 0 aliphatic rings. The van der Waals surface area contributed by atoms with Gasteiger partial charge in [-0.1, -0.05) is 25.8 Å². The number of hydrogen-bond acceptors (Lipinski definition) is 0. The Morgan fingerprint density at radius 2 is 0.364 bits per heavy atom. The van der Waals surface area contributed by atoms with E-state index in [4.69, 9.17) is 0 Å². The van der Waals surface area contributed by atoms with Crippen molar-refractivity contribution in [1.82, 2.24) is 0 Å². The molecule has 0 bridgehead atoms. The predicted molar refractivity (Wildman–Crippen MR) is 457 cm³/mol. The second-order valence-electron chi connectivity index (χ2n) is 8.58. The molecule has 0 heterocycles. The van der Waals surface area contributed by atoms with Crippen molar-refractivity contribution in [3.8, 4) is 0 Å². The maximum atomic E-state index is 4.58. The molecule has 0 saturated carbocycles. The molecule has 0 spiro atoms. The van der Waals surface area contributed by atoms with Gasteiger partial charge in [0.25, 0.3) is 0 Å². The van der Waals surface area contributed by atoms with E-state index in [9.17, 15) is 0 Å². The molecule has 0 saturated heterocycles. The van der Waals surface area contributed by atoms with E-state index in [1.807, 2.05) is 0 Å². The monoisotopic (exact) mass is 1760 g/mol. The number of hydrogen-bond donors (Lipinski definition) is 0. The third-order valence-corrected chi connectivity index (χ3v) is 384. The molecule has 33 atom stereocenters. The van der Waals surface area contributed by atoms with Gasteiger partial charge in [-0.25, -0.2) is 0 Å². The summed E-state index contributed by atoms with van der Waals surface area (Å²) in [7, 11) is 101. The molecule has 0 aromatic carbocycles. The summed E-state index contributed by atoms with van der Waals surface area (Å²) in [5.41, 5.74) is 0. The highest BCUT2D eigenvalue weighted by atomic mass is 33.6. The molecular weight excluding hydrogens is 1700 g/mol. The lowest BCUT2D eigenvalue weighted by Crippen LogP contribution is -1.72. The minimum Gasteiger partial charge on any atom is -0.102 e. The SMILES string of the molecule is [PH]PP(P)P(P(P)P)P(P(P(P([PH])P)P(P)P)P(P(P)P)P(P)P)P(P(P(P(P)P)P(P)P)P(P(P)P)P(P)P)P(P(P(P)P)P(P)P)P(P(P)P)P(P)P. The zero-order chi connectivity index (χ0) is 43.7. The highest BCUT2D eigenvalue weighted by Crippen LogP contribution is 3.47. The van der Waals surface area contributed by atoms with Crippen LogP contribution in [0.3, 0.4) is 0 Å². The molecule has 0 fully saturated rings. The van der Waals surface area contributed by atoms with Crippen molar-refractivity contribution in [2.24, 2.45) is 0 Å².